The number of carbonyl (C=O) groups excluding carboxylic acids is 1. The molecule has 0 aliphatic heterocycles. The number of nitrogens with one attached hydrogen (secondary N) is 1. The fourth-order valence-electron chi connectivity index (χ4n) is 2.74. The highest BCUT2D eigenvalue weighted by molar-refractivity contribution is 5.79. The first-order chi connectivity index (χ1) is 7.73. The van der Waals surface area contributed by atoms with Crippen LogP contribution in [-0.4, -0.2) is 28.8 Å². The lowest BCUT2D eigenvalue weighted by Gasteiger charge is -2.22. The van der Waals surface area contributed by atoms with Gasteiger partial charge in [-0.25, -0.2) is 4.79 Å². The van der Waals surface area contributed by atoms with Crippen molar-refractivity contribution in [2.24, 2.45) is 11.3 Å². The second kappa shape index (κ2) is 3.62. The van der Waals surface area contributed by atoms with E-state index in [4.69, 9.17) is 9.84 Å². The zero-order chi connectivity index (χ0) is 12.8. The molecule has 0 spiro atoms. The summed E-state index contributed by atoms with van der Waals surface area (Å²) in [6.07, 6.45) is 1.59. The molecule has 0 aromatic rings. The van der Waals surface area contributed by atoms with E-state index in [2.05, 4.69) is 5.32 Å². The molecule has 2 N–H and O–H groups in total. The summed E-state index contributed by atoms with van der Waals surface area (Å²) >= 11 is 0. The van der Waals surface area contributed by atoms with E-state index in [-0.39, 0.29) is 12.0 Å². The summed E-state index contributed by atoms with van der Waals surface area (Å²) in [6.45, 7) is 5.41. The van der Waals surface area contributed by atoms with Gasteiger partial charge in [-0.15, -0.1) is 0 Å². The van der Waals surface area contributed by atoms with Crippen molar-refractivity contribution in [2.45, 2.75) is 51.7 Å². The molecule has 2 rings (SSSR count). The van der Waals surface area contributed by atoms with E-state index in [1.54, 1.807) is 20.8 Å². The van der Waals surface area contributed by atoms with Gasteiger partial charge in [-0.3, -0.25) is 4.79 Å². The van der Waals surface area contributed by atoms with Crippen LogP contribution in [-0.2, 0) is 9.53 Å². The van der Waals surface area contributed by atoms with Gasteiger partial charge < -0.3 is 15.2 Å². The zero-order valence-corrected chi connectivity index (χ0v) is 10.4. The smallest absolute Gasteiger partial charge is 0.407 e. The lowest BCUT2D eigenvalue weighted by Crippen LogP contribution is -2.39. The van der Waals surface area contributed by atoms with Crippen molar-refractivity contribution >= 4 is 12.1 Å². The number of carboxylic acid groups (broad SMARTS) is 1. The number of carboxylic acids is 1. The summed E-state index contributed by atoms with van der Waals surface area (Å²) in [5, 5.41) is 11.9. The van der Waals surface area contributed by atoms with Crippen molar-refractivity contribution in [1.29, 1.82) is 0 Å². The number of carbonyl (C=O) groups is 2. The van der Waals surface area contributed by atoms with Crippen LogP contribution in [0.25, 0.3) is 0 Å². The predicted octanol–water partition coefficient (Wildman–Crippen LogP) is 1.76. The number of alkyl carbamates (subject to hydrolysis) is 1. The Morgan fingerprint density at radius 3 is 2.47 bits per heavy atom. The Balaban J connectivity index is 1.84. The number of rotatable bonds is 2. The van der Waals surface area contributed by atoms with Gasteiger partial charge in [0.2, 0.25) is 0 Å². The Bertz CT molecular complexity index is 360. The van der Waals surface area contributed by atoms with E-state index in [9.17, 15) is 9.59 Å². The lowest BCUT2D eigenvalue weighted by atomic mass is 10.0. The van der Waals surface area contributed by atoms with Crippen LogP contribution in [0, 0.1) is 11.3 Å². The second-order valence-electron chi connectivity index (χ2n) is 6.15. The maximum Gasteiger partial charge on any atom is 0.407 e. The first kappa shape index (κ1) is 12.2. The maximum atomic E-state index is 11.5. The molecule has 2 fully saturated rings. The molecule has 2 saturated carbocycles. The number of fused-ring (bicyclic) bond motifs is 1. The van der Waals surface area contributed by atoms with E-state index >= 15 is 0 Å². The van der Waals surface area contributed by atoms with Gasteiger partial charge in [-0.1, -0.05) is 0 Å². The molecule has 0 bridgehead atoms. The van der Waals surface area contributed by atoms with Crippen LogP contribution < -0.4 is 5.32 Å². The Labute approximate surface area is 101 Å². The van der Waals surface area contributed by atoms with Gasteiger partial charge >= 0.3 is 12.1 Å². The van der Waals surface area contributed by atoms with Gasteiger partial charge in [-0.2, -0.15) is 0 Å². The molecule has 5 nitrogen and oxygen atoms in total. The third-order valence-corrected chi connectivity index (χ3v) is 3.56. The predicted molar refractivity (Wildman–Crippen MR) is 60.6 cm³/mol. The zero-order valence-electron chi connectivity index (χ0n) is 10.4. The van der Waals surface area contributed by atoms with Gasteiger partial charge in [0.1, 0.15) is 5.60 Å². The minimum absolute atomic E-state index is 0.0558. The minimum Gasteiger partial charge on any atom is -0.481 e. The molecule has 17 heavy (non-hydrogen) atoms. The highest BCUT2D eigenvalue weighted by atomic mass is 16.6. The molecule has 0 unspecified atom stereocenters. The molecule has 0 heterocycles. The molecular weight excluding hydrogens is 222 g/mol. The highest BCUT2D eigenvalue weighted by Gasteiger charge is 2.65. The fourth-order valence-corrected chi connectivity index (χ4v) is 2.74. The van der Waals surface area contributed by atoms with Crippen LogP contribution >= 0.6 is 0 Å². The number of hydrogen-bond acceptors (Lipinski definition) is 3. The number of hydrogen-bond donors (Lipinski definition) is 2. The van der Waals surface area contributed by atoms with E-state index in [1.165, 1.54) is 0 Å². The largest absolute Gasteiger partial charge is 0.481 e. The third-order valence-electron chi connectivity index (χ3n) is 3.56. The van der Waals surface area contributed by atoms with Gasteiger partial charge in [0.05, 0.1) is 5.41 Å². The SMILES string of the molecule is CC(C)(C)OC(=O)N[C@H]1C[C@@H]2C[C@]2(C(=O)O)C1. The van der Waals surface area contributed by atoms with Crippen molar-refractivity contribution < 1.29 is 19.4 Å². The number of amides is 1. The first-order valence-corrected chi connectivity index (χ1v) is 5.96. The lowest BCUT2D eigenvalue weighted by molar-refractivity contribution is -0.143. The van der Waals surface area contributed by atoms with Crippen molar-refractivity contribution in [3.8, 4) is 0 Å². The molecule has 2 aliphatic rings. The molecule has 5 heteroatoms. The van der Waals surface area contributed by atoms with Crippen LogP contribution in [0.2, 0.25) is 0 Å². The minimum atomic E-state index is -0.726. The van der Waals surface area contributed by atoms with Crippen LogP contribution in [0.4, 0.5) is 4.79 Å². The highest BCUT2D eigenvalue weighted by Crippen LogP contribution is 2.63. The average Bonchev–Trinajstić information content (AvgIpc) is 2.67. The molecule has 96 valence electrons. The van der Waals surface area contributed by atoms with E-state index in [1.807, 2.05) is 0 Å². The van der Waals surface area contributed by atoms with E-state index in [0.717, 1.165) is 12.8 Å². The van der Waals surface area contributed by atoms with E-state index < -0.39 is 23.1 Å². The van der Waals surface area contributed by atoms with E-state index in [0.29, 0.717) is 6.42 Å². The molecule has 0 radical (unpaired) electrons. The summed E-state index contributed by atoms with van der Waals surface area (Å²) in [5.41, 5.74) is -1.07. The Morgan fingerprint density at radius 2 is 2.00 bits per heavy atom. The standard InChI is InChI=1S/C12H19NO4/c1-11(2,3)17-10(16)13-8-4-7-5-12(7,6-8)9(14)15/h7-8H,4-6H2,1-3H3,(H,13,16)(H,14,15)/t7-,8+,12+/m1/s1. The Kier molecular flexibility index (Phi) is 2.60. The quantitative estimate of drug-likeness (QED) is 0.772. The van der Waals surface area contributed by atoms with Crippen LogP contribution in [0.5, 0.6) is 0 Å². The number of aliphatic carboxylic acids is 1. The molecule has 0 aromatic heterocycles. The van der Waals surface area contributed by atoms with Crippen LogP contribution in [0.15, 0.2) is 0 Å². The van der Waals surface area contributed by atoms with Crippen LogP contribution in [0.1, 0.15) is 40.0 Å². The maximum absolute atomic E-state index is 11.5. The van der Waals surface area contributed by atoms with Gasteiger partial charge in [0.25, 0.3) is 0 Å². The van der Waals surface area contributed by atoms with Gasteiger partial charge in [0.15, 0.2) is 0 Å². The summed E-state index contributed by atoms with van der Waals surface area (Å²) in [5.74, 6) is -0.490. The third kappa shape index (κ3) is 2.37. The summed E-state index contributed by atoms with van der Waals surface area (Å²) in [6, 6.07) is -0.0558. The average molecular weight is 241 g/mol. The molecule has 0 aromatic carbocycles. The monoisotopic (exact) mass is 241 g/mol. The molecule has 0 saturated heterocycles. The number of ether oxygens (including phenoxy) is 1. The molecule has 3 atom stereocenters. The Morgan fingerprint density at radius 1 is 1.35 bits per heavy atom. The topological polar surface area (TPSA) is 75.6 Å². The normalized spacial score (nSPS) is 35.0. The fraction of sp³-hybridized carbons (Fsp3) is 0.833. The second-order valence-corrected chi connectivity index (χ2v) is 6.15. The molecule has 2 aliphatic carbocycles. The van der Waals surface area contributed by atoms with Crippen molar-refractivity contribution in [2.75, 3.05) is 0 Å². The van der Waals surface area contributed by atoms with Crippen molar-refractivity contribution in [1.82, 2.24) is 5.32 Å². The molecule has 1 amide bonds. The Hall–Kier alpha value is -1.26. The van der Waals surface area contributed by atoms with Crippen LogP contribution in [0.3, 0.4) is 0 Å². The summed E-state index contributed by atoms with van der Waals surface area (Å²) in [7, 11) is 0. The van der Waals surface area contributed by atoms with Gasteiger partial charge in [0, 0.05) is 6.04 Å². The van der Waals surface area contributed by atoms with Crippen molar-refractivity contribution in [3.63, 3.8) is 0 Å². The summed E-state index contributed by atoms with van der Waals surface area (Å²) < 4.78 is 5.15. The van der Waals surface area contributed by atoms with Gasteiger partial charge in [-0.05, 0) is 46.0 Å². The first-order valence-electron chi connectivity index (χ1n) is 5.96. The van der Waals surface area contributed by atoms with Crippen molar-refractivity contribution in [3.05, 3.63) is 0 Å². The summed E-state index contributed by atoms with van der Waals surface area (Å²) in [4.78, 5) is 22.6. The molecular formula is C12H19NO4.